The fraction of sp³-hybridized carbons (Fsp3) is 1.00. The summed E-state index contributed by atoms with van der Waals surface area (Å²) in [4.78, 5) is 20.3. The van der Waals surface area contributed by atoms with Crippen LogP contribution in [-0.2, 0) is 0 Å². The van der Waals surface area contributed by atoms with Crippen molar-refractivity contribution in [1.82, 2.24) is 0 Å². The molecule has 0 rings (SSSR count). The van der Waals surface area contributed by atoms with Crippen LogP contribution in [0.25, 0.3) is 0 Å². The highest BCUT2D eigenvalue weighted by Gasteiger charge is 2.27. The molecular weight excluding hydrogens is 300 g/mol. The second kappa shape index (κ2) is 17.0. The van der Waals surface area contributed by atoms with Crippen molar-refractivity contribution in [1.29, 1.82) is 0 Å². The van der Waals surface area contributed by atoms with Crippen LogP contribution in [0.4, 0.5) is 0 Å². The lowest BCUT2D eigenvalue weighted by atomic mass is 10.1. The maximum Gasteiger partial charge on any atom is 0.332 e. The SMILES string of the molecule is CCCCCCCCCC[Si](O)(O)CCCCCCCCCC. The van der Waals surface area contributed by atoms with Gasteiger partial charge < -0.3 is 9.59 Å². The average molecular weight is 345 g/mol. The van der Waals surface area contributed by atoms with Gasteiger partial charge in [0.2, 0.25) is 0 Å². The molecule has 0 fully saturated rings. The molecule has 0 amide bonds. The van der Waals surface area contributed by atoms with Gasteiger partial charge in [-0.15, -0.1) is 0 Å². The molecule has 0 aromatic carbocycles. The second-order valence-electron chi connectivity index (χ2n) is 7.43. The van der Waals surface area contributed by atoms with Gasteiger partial charge in [-0.1, -0.05) is 117 Å². The molecule has 0 saturated carbocycles. The Morgan fingerprint density at radius 3 is 1.00 bits per heavy atom. The van der Waals surface area contributed by atoms with Gasteiger partial charge in [-0.3, -0.25) is 0 Å². The van der Waals surface area contributed by atoms with E-state index in [0.717, 1.165) is 12.8 Å². The zero-order valence-corrected chi connectivity index (χ0v) is 17.1. The molecule has 0 bridgehead atoms. The van der Waals surface area contributed by atoms with Gasteiger partial charge >= 0.3 is 8.56 Å². The van der Waals surface area contributed by atoms with Crippen molar-refractivity contribution in [2.75, 3.05) is 0 Å². The van der Waals surface area contributed by atoms with E-state index in [1.807, 2.05) is 0 Å². The van der Waals surface area contributed by atoms with Crippen LogP contribution in [0.3, 0.4) is 0 Å². The Morgan fingerprint density at radius 2 is 0.696 bits per heavy atom. The minimum atomic E-state index is -2.87. The standard InChI is InChI=1S/C20H44O2Si/c1-3-5-7-9-11-13-15-17-19-23(21,22)20-18-16-14-12-10-8-6-4-2/h21-22H,3-20H2,1-2H3. The minimum Gasteiger partial charge on any atom is -0.411 e. The largest absolute Gasteiger partial charge is 0.411 e. The van der Waals surface area contributed by atoms with E-state index >= 15 is 0 Å². The van der Waals surface area contributed by atoms with Crippen LogP contribution < -0.4 is 0 Å². The third-order valence-electron chi connectivity index (χ3n) is 4.86. The molecular formula is C20H44O2Si. The van der Waals surface area contributed by atoms with Crippen LogP contribution in [0.15, 0.2) is 0 Å². The summed E-state index contributed by atoms with van der Waals surface area (Å²) in [6.07, 6.45) is 20.4. The molecule has 0 spiro atoms. The maximum atomic E-state index is 10.2. The zero-order valence-electron chi connectivity index (χ0n) is 16.1. The molecule has 140 valence electrons. The van der Waals surface area contributed by atoms with Crippen molar-refractivity contribution in [2.24, 2.45) is 0 Å². The van der Waals surface area contributed by atoms with E-state index in [1.165, 1.54) is 89.9 Å². The molecule has 0 heterocycles. The van der Waals surface area contributed by atoms with E-state index in [9.17, 15) is 9.59 Å². The topological polar surface area (TPSA) is 40.5 Å². The highest BCUT2D eigenvalue weighted by atomic mass is 28.4. The van der Waals surface area contributed by atoms with Gasteiger partial charge in [0.05, 0.1) is 0 Å². The number of hydrogen-bond donors (Lipinski definition) is 2. The molecule has 0 aliphatic rings. The molecule has 0 unspecified atom stereocenters. The Labute approximate surface area is 147 Å². The lowest BCUT2D eigenvalue weighted by Gasteiger charge is -2.17. The van der Waals surface area contributed by atoms with E-state index in [0.29, 0.717) is 12.1 Å². The van der Waals surface area contributed by atoms with Crippen LogP contribution in [0.5, 0.6) is 0 Å². The molecule has 0 aromatic rings. The molecule has 0 radical (unpaired) electrons. The Bertz CT molecular complexity index is 210. The van der Waals surface area contributed by atoms with Crippen LogP contribution in [0, 0.1) is 0 Å². The van der Waals surface area contributed by atoms with Gasteiger partial charge in [-0.05, 0) is 12.1 Å². The quantitative estimate of drug-likeness (QED) is 0.215. The molecule has 3 heteroatoms. The normalized spacial score (nSPS) is 12.0. The number of rotatable bonds is 18. The molecule has 2 nitrogen and oxygen atoms in total. The summed E-state index contributed by atoms with van der Waals surface area (Å²) in [7, 11) is -2.87. The summed E-state index contributed by atoms with van der Waals surface area (Å²) in [6.45, 7) is 4.50. The predicted octanol–water partition coefficient (Wildman–Crippen LogP) is 6.69. The van der Waals surface area contributed by atoms with Gasteiger partial charge in [0, 0.05) is 0 Å². The van der Waals surface area contributed by atoms with Crippen LogP contribution in [-0.4, -0.2) is 18.2 Å². The summed E-state index contributed by atoms with van der Waals surface area (Å²) in [6, 6.07) is 1.39. The fourth-order valence-electron chi connectivity index (χ4n) is 3.21. The summed E-state index contributed by atoms with van der Waals surface area (Å²) in [5, 5.41) is 0. The van der Waals surface area contributed by atoms with E-state index in [-0.39, 0.29) is 0 Å². The van der Waals surface area contributed by atoms with Crippen molar-refractivity contribution in [3.8, 4) is 0 Å². The Kier molecular flexibility index (Phi) is 17.1. The van der Waals surface area contributed by atoms with Crippen LogP contribution in [0.1, 0.15) is 117 Å². The van der Waals surface area contributed by atoms with Gasteiger partial charge in [0.25, 0.3) is 0 Å². The van der Waals surface area contributed by atoms with E-state index < -0.39 is 8.56 Å². The lowest BCUT2D eigenvalue weighted by molar-refractivity contribution is 0.350. The number of hydrogen-bond acceptors (Lipinski definition) is 2. The summed E-state index contributed by atoms with van der Waals surface area (Å²) < 4.78 is 0. The van der Waals surface area contributed by atoms with Crippen molar-refractivity contribution in [3.05, 3.63) is 0 Å². The van der Waals surface area contributed by atoms with Gasteiger partial charge in [-0.2, -0.15) is 0 Å². The Balaban J connectivity index is 3.33. The third kappa shape index (κ3) is 18.3. The summed E-state index contributed by atoms with van der Waals surface area (Å²) in [5.74, 6) is 0. The Hall–Kier alpha value is 0.137. The van der Waals surface area contributed by atoms with E-state index in [2.05, 4.69) is 13.8 Å². The van der Waals surface area contributed by atoms with Gasteiger partial charge in [0.15, 0.2) is 0 Å². The molecule has 23 heavy (non-hydrogen) atoms. The molecule has 0 aliphatic heterocycles. The number of unbranched alkanes of at least 4 members (excludes halogenated alkanes) is 14. The fourth-order valence-corrected chi connectivity index (χ4v) is 5.09. The smallest absolute Gasteiger partial charge is 0.332 e. The molecule has 2 N–H and O–H groups in total. The summed E-state index contributed by atoms with van der Waals surface area (Å²) in [5.41, 5.74) is 0. The van der Waals surface area contributed by atoms with Crippen molar-refractivity contribution >= 4 is 8.56 Å². The Morgan fingerprint density at radius 1 is 0.435 bits per heavy atom. The molecule has 0 aliphatic carbocycles. The highest BCUT2D eigenvalue weighted by Crippen LogP contribution is 2.19. The molecule has 0 atom stereocenters. The van der Waals surface area contributed by atoms with E-state index in [4.69, 9.17) is 0 Å². The van der Waals surface area contributed by atoms with Crippen molar-refractivity contribution < 1.29 is 9.59 Å². The first-order valence-electron chi connectivity index (χ1n) is 10.6. The summed E-state index contributed by atoms with van der Waals surface area (Å²) >= 11 is 0. The van der Waals surface area contributed by atoms with Crippen LogP contribution >= 0.6 is 0 Å². The third-order valence-corrected chi connectivity index (χ3v) is 7.17. The minimum absolute atomic E-state index is 0.693. The predicted molar refractivity (Wildman–Crippen MR) is 105 cm³/mol. The molecule has 0 aromatic heterocycles. The first-order valence-corrected chi connectivity index (χ1v) is 12.9. The second-order valence-corrected chi connectivity index (χ2v) is 10.4. The van der Waals surface area contributed by atoms with E-state index in [1.54, 1.807) is 0 Å². The average Bonchev–Trinajstić information content (AvgIpc) is 2.52. The van der Waals surface area contributed by atoms with Gasteiger partial charge in [0.1, 0.15) is 0 Å². The van der Waals surface area contributed by atoms with Crippen molar-refractivity contribution in [3.63, 3.8) is 0 Å². The monoisotopic (exact) mass is 344 g/mol. The zero-order chi connectivity index (χ0) is 17.2. The highest BCUT2D eigenvalue weighted by molar-refractivity contribution is 6.64. The lowest BCUT2D eigenvalue weighted by Crippen LogP contribution is -2.33. The van der Waals surface area contributed by atoms with Gasteiger partial charge in [-0.25, -0.2) is 0 Å². The molecule has 0 saturated heterocycles. The van der Waals surface area contributed by atoms with Crippen molar-refractivity contribution in [2.45, 2.75) is 129 Å². The first-order chi connectivity index (χ1) is 11.1. The van der Waals surface area contributed by atoms with Crippen LogP contribution in [0.2, 0.25) is 12.1 Å². The maximum absolute atomic E-state index is 10.2. The first kappa shape index (κ1) is 23.1.